The molecule has 0 saturated carbocycles. The van der Waals surface area contributed by atoms with E-state index in [1.165, 1.54) is 0 Å². The monoisotopic (exact) mass is 379 g/mol. The first-order chi connectivity index (χ1) is 13.4. The van der Waals surface area contributed by atoms with E-state index in [2.05, 4.69) is 48.5 Å². The van der Waals surface area contributed by atoms with Crippen molar-refractivity contribution in [1.82, 2.24) is 9.91 Å². The van der Waals surface area contributed by atoms with Crippen LogP contribution in [-0.2, 0) is 0 Å². The summed E-state index contributed by atoms with van der Waals surface area (Å²) in [6.45, 7) is 19.6. The molecule has 2 rings (SSSR count). The summed E-state index contributed by atoms with van der Waals surface area (Å²) >= 11 is 0. The lowest BCUT2D eigenvalue weighted by Crippen LogP contribution is -2.40. The van der Waals surface area contributed by atoms with Crippen LogP contribution in [0.5, 0.6) is 0 Å². The average Bonchev–Trinajstić information content (AvgIpc) is 3.09. The summed E-state index contributed by atoms with van der Waals surface area (Å²) in [7, 11) is 1.72. The van der Waals surface area contributed by atoms with Crippen LogP contribution >= 0.6 is 0 Å². The molecule has 150 valence electrons. The van der Waals surface area contributed by atoms with Gasteiger partial charge in [-0.15, -0.1) is 0 Å². The molecule has 2 heterocycles. The number of nitrogens with zero attached hydrogens (tertiary/aromatic N) is 4. The number of nitrogens with two attached hydrogens (primary N) is 1. The number of hydrazine groups is 1. The second-order valence-corrected chi connectivity index (χ2v) is 7.01. The van der Waals surface area contributed by atoms with E-state index >= 15 is 0 Å². The smallest absolute Gasteiger partial charge is 0.174 e. The third-order valence-electron chi connectivity index (χ3n) is 5.57. The number of amidine groups is 2. The molecule has 1 unspecified atom stereocenters. The van der Waals surface area contributed by atoms with Crippen molar-refractivity contribution in [3.63, 3.8) is 0 Å². The van der Waals surface area contributed by atoms with Crippen LogP contribution in [0.15, 0.2) is 82.8 Å². The summed E-state index contributed by atoms with van der Waals surface area (Å²) in [5.74, 6) is 7.72. The zero-order valence-corrected chi connectivity index (χ0v) is 17.7. The van der Waals surface area contributed by atoms with Crippen LogP contribution < -0.4 is 5.84 Å². The minimum Gasteiger partial charge on any atom is -0.337 e. The minimum absolute atomic E-state index is 0.131. The van der Waals surface area contributed by atoms with E-state index < -0.39 is 0 Å². The van der Waals surface area contributed by atoms with Crippen LogP contribution in [0.25, 0.3) is 0 Å². The Morgan fingerprint density at radius 2 is 1.93 bits per heavy atom. The van der Waals surface area contributed by atoms with Crippen LogP contribution in [0.3, 0.4) is 0 Å². The lowest BCUT2D eigenvalue weighted by molar-refractivity contribution is 0.350. The van der Waals surface area contributed by atoms with E-state index in [0.29, 0.717) is 12.4 Å². The van der Waals surface area contributed by atoms with Crippen molar-refractivity contribution < 1.29 is 0 Å². The van der Waals surface area contributed by atoms with Gasteiger partial charge in [-0.25, -0.2) is 10.8 Å². The number of likely N-dealkylation sites (tertiary alicyclic amines) is 1. The van der Waals surface area contributed by atoms with Gasteiger partial charge < -0.3 is 4.90 Å². The third-order valence-corrected chi connectivity index (χ3v) is 5.57. The van der Waals surface area contributed by atoms with Gasteiger partial charge in [0.1, 0.15) is 11.5 Å². The molecule has 0 aromatic rings. The van der Waals surface area contributed by atoms with Crippen molar-refractivity contribution in [2.24, 2.45) is 21.2 Å². The van der Waals surface area contributed by atoms with Gasteiger partial charge in [-0.1, -0.05) is 58.2 Å². The van der Waals surface area contributed by atoms with Crippen LogP contribution in [0.1, 0.15) is 40.0 Å². The Balaban J connectivity index is 2.44. The number of hydrogen-bond donors (Lipinski definition) is 1. The van der Waals surface area contributed by atoms with E-state index in [-0.39, 0.29) is 5.41 Å². The van der Waals surface area contributed by atoms with Gasteiger partial charge in [-0.3, -0.25) is 10.0 Å². The zero-order chi connectivity index (χ0) is 20.9. The maximum Gasteiger partial charge on any atom is 0.174 e. The van der Waals surface area contributed by atoms with Crippen LogP contribution in [0, 0.1) is 5.41 Å². The standard InChI is InChI=1S/C23H33N5/c1-8-12-14-20-22(25-7)26-21(28(20)24)16-27-18(6)23(11-4,15-10-3)17(5)19(27)13-9-2/h8-9,12-14H,2,5-6,10-11,15-16,24H2,1,3-4,7H3/b12-8-,19-13+,20-14+,25-22?. The molecule has 0 bridgehead atoms. The first-order valence-electron chi connectivity index (χ1n) is 9.83. The second-order valence-electron chi connectivity index (χ2n) is 7.01. The molecule has 2 aliphatic heterocycles. The lowest BCUT2D eigenvalue weighted by atomic mass is 9.74. The Kier molecular flexibility index (Phi) is 6.97. The Morgan fingerprint density at radius 1 is 1.21 bits per heavy atom. The lowest BCUT2D eigenvalue weighted by Gasteiger charge is -2.31. The Bertz CT molecular complexity index is 809. The molecule has 5 heteroatoms. The molecule has 2 N–H and O–H groups in total. The molecule has 1 atom stereocenters. The number of hydrogen-bond acceptors (Lipinski definition) is 4. The van der Waals surface area contributed by atoms with Gasteiger partial charge in [0.15, 0.2) is 5.84 Å². The summed E-state index contributed by atoms with van der Waals surface area (Å²) in [6.07, 6.45) is 12.6. The summed E-state index contributed by atoms with van der Waals surface area (Å²) in [5.41, 5.74) is 3.83. The molecule has 5 nitrogen and oxygen atoms in total. The van der Waals surface area contributed by atoms with Gasteiger partial charge in [0.05, 0.1) is 6.54 Å². The SMILES string of the molecule is C=C/C=C1\C(=C)C(CC)(CCC)C(=C)N1CC1=NC(=NC)/C(=C\C=C/C)N1N. The Morgan fingerprint density at radius 3 is 2.46 bits per heavy atom. The van der Waals surface area contributed by atoms with Crippen molar-refractivity contribution in [2.45, 2.75) is 40.0 Å². The minimum atomic E-state index is -0.131. The summed E-state index contributed by atoms with van der Waals surface area (Å²) in [6, 6.07) is 0. The van der Waals surface area contributed by atoms with Crippen LogP contribution in [0.2, 0.25) is 0 Å². The van der Waals surface area contributed by atoms with Crippen LogP contribution in [0.4, 0.5) is 0 Å². The van der Waals surface area contributed by atoms with E-state index in [1.807, 2.05) is 31.2 Å². The highest BCUT2D eigenvalue weighted by atomic mass is 15.5. The highest BCUT2D eigenvalue weighted by molar-refractivity contribution is 6.14. The maximum absolute atomic E-state index is 6.37. The first kappa shape index (κ1) is 21.6. The van der Waals surface area contributed by atoms with E-state index in [4.69, 9.17) is 5.84 Å². The van der Waals surface area contributed by atoms with Gasteiger partial charge in [0.2, 0.25) is 0 Å². The van der Waals surface area contributed by atoms with Gasteiger partial charge in [-0.2, -0.15) is 0 Å². The molecule has 1 saturated heterocycles. The van der Waals surface area contributed by atoms with Gasteiger partial charge in [0, 0.05) is 23.9 Å². The normalized spacial score (nSPS) is 27.2. The molecular formula is C23H33N5. The summed E-state index contributed by atoms with van der Waals surface area (Å²) < 4.78 is 0. The average molecular weight is 380 g/mol. The summed E-state index contributed by atoms with van der Waals surface area (Å²) in [4.78, 5) is 11.1. The fourth-order valence-corrected chi connectivity index (χ4v) is 4.02. The predicted molar refractivity (Wildman–Crippen MR) is 121 cm³/mol. The van der Waals surface area contributed by atoms with Crippen molar-refractivity contribution in [3.05, 3.63) is 72.8 Å². The van der Waals surface area contributed by atoms with Crippen molar-refractivity contribution in [1.29, 1.82) is 0 Å². The van der Waals surface area contributed by atoms with Gasteiger partial charge >= 0.3 is 0 Å². The molecule has 0 amide bonds. The van der Waals surface area contributed by atoms with Crippen molar-refractivity contribution >= 4 is 11.7 Å². The molecule has 0 aliphatic carbocycles. The Labute approximate surface area is 169 Å². The highest BCUT2D eigenvalue weighted by Gasteiger charge is 2.46. The summed E-state index contributed by atoms with van der Waals surface area (Å²) in [5, 5.41) is 1.61. The quantitative estimate of drug-likeness (QED) is 0.652. The van der Waals surface area contributed by atoms with E-state index in [0.717, 1.165) is 47.8 Å². The molecule has 2 aliphatic rings. The highest BCUT2D eigenvalue weighted by Crippen LogP contribution is 2.53. The zero-order valence-electron chi connectivity index (χ0n) is 17.7. The molecule has 0 aromatic heterocycles. The van der Waals surface area contributed by atoms with Gasteiger partial charge in [-0.05, 0) is 37.5 Å². The third kappa shape index (κ3) is 3.54. The van der Waals surface area contributed by atoms with Gasteiger partial charge in [0.25, 0.3) is 0 Å². The first-order valence-corrected chi connectivity index (χ1v) is 9.83. The fraction of sp³-hybridized carbons (Fsp3) is 0.391. The number of allylic oxidation sites excluding steroid dienone is 7. The number of rotatable bonds is 7. The van der Waals surface area contributed by atoms with E-state index in [1.54, 1.807) is 18.1 Å². The molecule has 0 radical (unpaired) electrons. The topological polar surface area (TPSA) is 57.2 Å². The predicted octanol–water partition coefficient (Wildman–Crippen LogP) is 4.71. The van der Waals surface area contributed by atoms with Crippen molar-refractivity contribution in [2.75, 3.05) is 13.6 Å². The second kappa shape index (κ2) is 9.02. The number of aliphatic imine (C=N–C) groups is 2. The Hall–Kier alpha value is -2.66. The molecule has 0 aromatic carbocycles. The molecule has 1 fully saturated rings. The molecular weight excluding hydrogens is 346 g/mol. The van der Waals surface area contributed by atoms with Crippen LogP contribution in [-0.4, -0.2) is 35.2 Å². The van der Waals surface area contributed by atoms with Crippen molar-refractivity contribution in [3.8, 4) is 0 Å². The van der Waals surface area contributed by atoms with E-state index in [9.17, 15) is 0 Å². The fourth-order valence-electron chi connectivity index (χ4n) is 4.02. The molecule has 0 spiro atoms. The molecule has 28 heavy (non-hydrogen) atoms. The maximum atomic E-state index is 6.37. The largest absolute Gasteiger partial charge is 0.337 e.